The number of hydrogen-bond acceptors (Lipinski definition) is 4. The van der Waals surface area contributed by atoms with Crippen LogP contribution in [-0.4, -0.2) is 19.9 Å². The molecule has 0 atom stereocenters. The summed E-state index contributed by atoms with van der Waals surface area (Å²) in [6, 6.07) is 11.7. The molecule has 0 bridgehead atoms. The Balaban J connectivity index is 2.11. The molecule has 0 spiro atoms. The van der Waals surface area contributed by atoms with Crippen LogP contribution in [0.15, 0.2) is 30.5 Å². The summed E-state index contributed by atoms with van der Waals surface area (Å²) in [6.07, 6.45) is 1.78. The highest BCUT2D eigenvalue weighted by Gasteiger charge is 2.25. The Bertz CT molecular complexity index is 1070. The van der Waals surface area contributed by atoms with E-state index in [4.69, 9.17) is 5.26 Å². The van der Waals surface area contributed by atoms with Gasteiger partial charge in [-0.05, 0) is 45.4 Å². The van der Waals surface area contributed by atoms with Crippen molar-refractivity contribution in [3.05, 3.63) is 64.2 Å². The quantitative estimate of drug-likeness (QED) is 0.744. The third-order valence-electron chi connectivity index (χ3n) is 4.83. The minimum absolute atomic E-state index is 0.498. The smallest absolute Gasteiger partial charge is 0.103 e. The standard InChI is InChI=1S/C21H21N5O/c1-13-18(10-23)19(16-7-5-15(9-22)6-8-16)14(2)26(13)12-17-11-24-25-20(17)21(3,4)27/h5-8,11,27H,12H2,1-4H3,(H,24,25). The van der Waals surface area contributed by atoms with E-state index in [1.54, 1.807) is 32.2 Å². The summed E-state index contributed by atoms with van der Waals surface area (Å²) in [7, 11) is 0. The van der Waals surface area contributed by atoms with E-state index >= 15 is 0 Å². The molecule has 0 saturated carbocycles. The van der Waals surface area contributed by atoms with Gasteiger partial charge < -0.3 is 9.67 Å². The molecule has 3 aromatic rings. The third kappa shape index (κ3) is 3.23. The second-order valence-electron chi connectivity index (χ2n) is 7.13. The van der Waals surface area contributed by atoms with E-state index in [0.717, 1.165) is 28.1 Å². The number of rotatable bonds is 4. The number of benzene rings is 1. The van der Waals surface area contributed by atoms with Crippen LogP contribution in [0, 0.1) is 36.5 Å². The molecule has 0 saturated heterocycles. The fourth-order valence-electron chi connectivity index (χ4n) is 3.46. The topological polar surface area (TPSA) is 101 Å². The van der Waals surface area contributed by atoms with Gasteiger partial charge in [-0.1, -0.05) is 12.1 Å². The first-order chi connectivity index (χ1) is 12.8. The maximum absolute atomic E-state index is 10.3. The maximum atomic E-state index is 10.3. The molecule has 0 aliphatic rings. The van der Waals surface area contributed by atoms with Crippen molar-refractivity contribution in [1.82, 2.24) is 14.8 Å². The van der Waals surface area contributed by atoms with E-state index in [2.05, 4.69) is 26.9 Å². The Morgan fingerprint density at radius 1 is 1.11 bits per heavy atom. The van der Waals surface area contributed by atoms with Crippen molar-refractivity contribution in [3.8, 4) is 23.3 Å². The Morgan fingerprint density at radius 3 is 2.33 bits per heavy atom. The van der Waals surface area contributed by atoms with Crippen LogP contribution in [0.5, 0.6) is 0 Å². The Morgan fingerprint density at radius 2 is 1.78 bits per heavy atom. The van der Waals surface area contributed by atoms with Crippen LogP contribution in [-0.2, 0) is 12.1 Å². The van der Waals surface area contributed by atoms with Gasteiger partial charge in [-0.2, -0.15) is 15.6 Å². The van der Waals surface area contributed by atoms with Gasteiger partial charge in [-0.15, -0.1) is 0 Å². The third-order valence-corrected chi connectivity index (χ3v) is 4.83. The summed E-state index contributed by atoms with van der Waals surface area (Å²) in [5, 5.41) is 36.1. The lowest BCUT2D eigenvalue weighted by molar-refractivity contribution is 0.0727. The van der Waals surface area contributed by atoms with Crippen LogP contribution in [0.4, 0.5) is 0 Å². The van der Waals surface area contributed by atoms with Gasteiger partial charge in [-0.25, -0.2) is 0 Å². The number of nitrogens with zero attached hydrogens (tertiary/aromatic N) is 4. The van der Waals surface area contributed by atoms with E-state index in [1.807, 2.05) is 26.0 Å². The highest BCUT2D eigenvalue weighted by atomic mass is 16.3. The molecule has 0 radical (unpaired) electrons. The largest absolute Gasteiger partial charge is 0.384 e. The van der Waals surface area contributed by atoms with Gasteiger partial charge >= 0.3 is 0 Å². The average Bonchev–Trinajstić information content (AvgIpc) is 3.20. The summed E-state index contributed by atoms with van der Waals surface area (Å²) in [5.41, 5.74) is 5.19. The van der Waals surface area contributed by atoms with E-state index in [-0.39, 0.29) is 0 Å². The number of H-pyrrole nitrogens is 1. The number of aromatic nitrogens is 3. The molecule has 6 heteroatoms. The Kier molecular flexibility index (Phi) is 4.61. The molecule has 1 aromatic carbocycles. The molecule has 0 unspecified atom stereocenters. The lowest BCUT2D eigenvalue weighted by atomic mass is 10.00. The van der Waals surface area contributed by atoms with Crippen LogP contribution in [0.3, 0.4) is 0 Å². The van der Waals surface area contributed by atoms with Crippen LogP contribution in [0.2, 0.25) is 0 Å². The lowest BCUT2D eigenvalue weighted by Gasteiger charge is -2.17. The molecule has 2 heterocycles. The normalized spacial score (nSPS) is 11.2. The number of aliphatic hydroxyl groups is 1. The summed E-state index contributed by atoms with van der Waals surface area (Å²) in [5.74, 6) is 0. The zero-order valence-corrected chi connectivity index (χ0v) is 15.8. The van der Waals surface area contributed by atoms with Crippen molar-refractivity contribution in [2.24, 2.45) is 0 Å². The first kappa shape index (κ1) is 18.4. The van der Waals surface area contributed by atoms with E-state index < -0.39 is 5.60 Å². The van der Waals surface area contributed by atoms with E-state index in [1.165, 1.54) is 0 Å². The molecule has 0 amide bonds. The van der Waals surface area contributed by atoms with Gasteiger partial charge in [-0.3, -0.25) is 5.10 Å². The summed E-state index contributed by atoms with van der Waals surface area (Å²) in [6.45, 7) is 7.79. The highest BCUT2D eigenvalue weighted by molar-refractivity contribution is 5.75. The van der Waals surface area contributed by atoms with Gasteiger partial charge in [0.15, 0.2) is 0 Å². The zero-order valence-electron chi connectivity index (χ0n) is 15.8. The molecule has 27 heavy (non-hydrogen) atoms. The zero-order chi connectivity index (χ0) is 19.8. The molecule has 0 aliphatic heterocycles. The van der Waals surface area contributed by atoms with Crippen molar-refractivity contribution in [1.29, 1.82) is 10.5 Å². The number of nitriles is 2. The second kappa shape index (κ2) is 6.75. The van der Waals surface area contributed by atoms with Gasteiger partial charge in [0.1, 0.15) is 11.7 Å². The number of aromatic amines is 1. The van der Waals surface area contributed by atoms with Crippen LogP contribution in [0.25, 0.3) is 11.1 Å². The van der Waals surface area contributed by atoms with Crippen molar-refractivity contribution < 1.29 is 5.11 Å². The summed E-state index contributed by atoms with van der Waals surface area (Å²) < 4.78 is 2.06. The fraction of sp³-hybridized carbons (Fsp3) is 0.286. The monoisotopic (exact) mass is 359 g/mol. The summed E-state index contributed by atoms with van der Waals surface area (Å²) in [4.78, 5) is 0. The van der Waals surface area contributed by atoms with E-state index in [0.29, 0.717) is 23.4 Å². The number of hydrogen-bond donors (Lipinski definition) is 2. The minimum Gasteiger partial charge on any atom is -0.384 e. The fourth-order valence-corrected chi connectivity index (χ4v) is 3.46. The van der Waals surface area contributed by atoms with Gasteiger partial charge in [0.25, 0.3) is 0 Å². The Labute approximate surface area is 158 Å². The van der Waals surface area contributed by atoms with Crippen LogP contribution in [0.1, 0.15) is 47.6 Å². The second-order valence-corrected chi connectivity index (χ2v) is 7.13. The molecule has 3 rings (SSSR count). The van der Waals surface area contributed by atoms with Crippen molar-refractivity contribution >= 4 is 0 Å². The first-order valence-electron chi connectivity index (χ1n) is 8.63. The highest BCUT2D eigenvalue weighted by Crippen LogP contribution is 2.33. The molecule has 0 aliphatic carbocycles. The minimum atomic E-state index is -1.06. The van der Waals surface area contributed by atoms with Gasteiger partial charge in [0, 0.05) is 28.7 Å². The molecular formula is C21H21N5O. The molecule has 2 aromatic heterocycles. The molecule has 0 fully saturated rings. The predicted molar refractivity (Wildman–Crippen MR) is 102 cm³/mol. The van der Waals surface area contributed by atoms with Crippen LogP contribution >= 0.6 is 0 Å². The van der Waals surface area contributed by atoms with Gasteiger partial charge in [0.2, 0.25) is 0 Å². The predicted octanol–water partition coefficient (Wildman–Crippen LogP) is 3.51. The van der Waals surface area contributed by atoms with Crippen molar-refractivity contribution in [3.63, 3.8) is 0 Å². The molecular weight excluding hydrogens is 338 g/mol. The molecule has 136 valence electrons. The van der Waals surface area contributed by atoms with Crippen molar-refractivity contribution in [2.75, 3.05) is 0 Å². The van der Waals surface area contributed by atoms with Crippen molar-refractivity contribution in [2.45, 2.75) is 39.8 Å². The Hall–Kier alpha value is -3.35. The number of nitrogens with one attached hydrogen (secondary N) is 1. The molecule has 2 N–H and O–H groups in total. The maximum Gasteiger partial charge on any atom is 0.103 e. The average molecular weight is 359 g/mol. The lowest BCUT2D eigenvalue weighted by Crippen LogP contribution is -2.19. The first-order valence-corrected chi connectivity index (χ1v) is 8.63. The molecule has 6 nitrogen and oxygen atoms in total. The van der Waals surface area contributed by atoms with Crippen LogP contribution < -0.4 is 0 Å². The van der Waals surface area contributed by atoms with E-state index in [9.17, 15) is 10.4 Å². The van der Waals surface area contributed by atoms with Gasteiger partial charge in [0.05, 0.1) is 29.4 Å². The summed E-state index contributed by atoms with van der Waals surface area (Å²) >= 11 is 0. The SMILES string of the molecule is Cc1c(C#N)c(-c2ccc(C#N)cc2)c(C)n1Cc1c[nH]nc1C(C)(C)O.